The third kappa shape index (κ3) is 2.89. The molecule has 7 heteroatoms. The van der Waals surface area contributed by atoms with E-state index in [9.17, 15) is 4.79 Å². The van der Waals surface area contributed by atoms with E-state index in [1.54, 1.807) is 6.20 Å². The molecule has 1 amide bonds. The molecule has 0 radical (unpaired) electrons. The predicted molar refractivity (Wildman–Crippen MR) is 88.5 cm³/mol. The molecular formula is C17H20N6O. The standard InChI is InChI=1S/C17H20N6O/c24-16(7-6-13-10-18-19-11-13)22-8-3-4-14(12-22)17-21-20-15-5-1-2-9-23(15)17/h1-2,5,9-11,14H,3-4,6-8,12H2,(H,18,19)/t14-/m0/s1. The topological polar surface area (TPSA) is 79.2 Å². The summed E-state index contributed by atoms with van der Waals surface area (Å²) in [4.78, 5) is 14.5. The number of pyridine rings is 1. The Balaban J connectivity index is 1.44. The summed E-state index contributed by atoms with van der Waals surface area (Å²) in [6.07, 6.45) is 8.90. The number of aromatic amines is 1. The fourth-order valence-corrected chi connectivity index (χ4v) is 3.38. The van der Waals surface area contributed by atoms with Gasteiger partial charge >= 0.3 is 0 Å². The van der Waals surface area contributed by atoms with Crippen molar-refractivity contribution in [2.45, 2.75) is 31.6 Å². The van der Waals surface area contributed by atoms with Gasteiger partial charge in [-0.2, -0.15) is 5.10 Å². The van der Waals surface area contributed by atoms with Gasteiger partial charge in [-0.15, -0.1) is 10.2 Å². The van der Waals surface area contributed by atoms with Gasteiger partial charge in [0, 0.05) is 37.8 Å². The van der Waals surface area contributed by atoms with Crippen LogP contribution >= 0.6 is 0 Å². The molecule has 0 aromatic carbocycles. The number of H-pyrrole nitrogens is 1. The van der Waals surface area contributed by atoms with Gasteiger partial charge in [-0.25, -0.2) is 0 Å². The average Bonchev–Trinajstić information content (AvgIpc) is 3.29. The first kappa shape index (κ1) is 14.9. The van der Waals surface area contributed by atoms with Crippen LogP contribution in [-0.4, -0.2) is 48.7 Å². The van der Waals surface area contributed by atoms with Gasteiger partial charge in [-0.3, -0.25) is 14.3 Å². The molecule has 1 aliphatic rings. The maximum Gasteiger partial charge on any atom is 0.222 e. The summed E-state index contributed by atoms with van der Waals surface area (Å²) in [5.74, 6) is 1.40. The predicted octanol–water partition coefficient (Wildman–Crippen LogP) is 1.79. The number of likely N-dealkylation sites (tertiary alicyclic amines) is 1. The molecule has 4 rings (SSSR count). The monoisotopic (exact) mass is 324 g/mol. The molecule has 0 saturated carbocycles. The molecule has 0 bridgehead atoms. The maximum atomic E-state index is 12.5. The minimum atomic E-state index is 0.203. The van der Waals surface area contributed by atoms with Crippen LogP contribution in [0.25, 0.3) is 5.65 Å². The molecule has 1 fully saturated rings. The van der Waals surface area contributed by atoms with Crippen molar-refractivity contribution in [1.29, 1.82) is 0 Å². The summed E-state index contributed by atoms with van der Waals surface area (Å²) in [7, 11) is 0. The molecule has 1 N–H and O–H groups in total. The molecule has 124 valence electrons. The fourth-order valence-electron chi connectivity index (χ4n) is 3.38. The zero-order chi connectivity index (χ0) is 16.4. The second-order valence-electron chi connectivity index (χ2n) is 6.27. The van der Waals surface area contributed by atoms with Gasteiger partial charge < -0.3 is 4.90 Å². The molecular weight excluding hydrogens is 304 g/mol. The lowest BCUT2D eigenvalue weighted by Gasteiger charge is -2.32. The average molecular weight is 324 g/mol. The van der Waals surface area contributed by atoms with E-state index in [1.807, 2.05) is 39.9 Å². The molecule has 4 heterocycles. The van der Waals surface area contributed by atoms with E-state index in [-0.39, 0.29) is 11.8 Å². The number of hydrogen-bond acceptors (Lipinski definition) is 4. The second kappa shape index (κ2) is 6.43. The normalized spacial score (nSPS) is 18.2. The lowest BCUT2D eigenvalue weighted by atomic mass is 9.96. The highest BCUT2D eigenvalue weighted by atomic mass is 16.2. The highest BCUT2D eigenvalue weighted by Gasteiger charge is 2.27. The van der Waals surface area contributed by atoms with Crippen LogP contribution in [0.2, 0.25) is 0 Å². The van der Waals surface area contributed by atoms with Crippen LogP contribution in [0.3, 0.4) is 0 Å². The molecule has 1 atom stereocenters. The van der Waals surface area contributed by atoms with Crippen molar-refractivity contribution in [3.63, 3.8) is 0 Å². The largest absolute Gasteiger partial charge is 0.342 e. The Hall–Kier alpha value is -2.70. The van der Waals surface area contributed by atoms with Crippen molar-refractivity contribution in [3.8, 4) is 0 Å². The molecule has 3 aromatic rings. The van der Waals surface area contributed by atoms with Gasteiger partial charge in [0.25, 0.3) is 0 Å². The van der Waals surface area contributed by atoms with Gasteiger partial charge in [0.05, 0.1) is 6.20 Å². The Morgan fingerprint density at radius 3 is 3.17 bits per heavy atom. The number of carbonyl (C=O) groups is 1. The second-order valence-corrected chi connectivity index (χ2v) is 6.27. The van der Waals surface area contributed by atoms with Crippen LogP contribution in [0.1, 0.15) is 36.6 Å². The van der Waals surface area contributed by atoms with Crippen molar-refractivity contribution >= 4 is 11.6 Å². The summed E-state index contributed by atoms with van der Waals surface area (Å²) < 4.78 is 2.03. The van der Waals surface area contributed by atoms with Gasteiger partial charge in [-0.1, -0.05) is 6.07 Å². The number of aryl methyl sites for hydroxylation is 1. The number of rotatable bonds is 4. The number of hydrogen-bond donors (Lipinski definition) is 1. The molecule has 0 aliphatic carbocycles. The van der Waals surface area contributed by atoms with E-state index in [4.69, 9.17) is 0 Å². The number of carbonyl (C=O) groups excluding carboxylic acids is 1. The highest BCUT2D eigenvalue weighted by Crippen LogP contribution is 2.26. The van der Waals surface area contributed by atoms with E-state index in [1.165, 1.54) is 0 Å². The molecule has 24 heavy (non-hydrogen) atoms. The van der Waals surface area contributed by atoms with Gasteiger partial charge in [0.2, 0.25) is 5.91 Å². The summed E-state index contributed by atoms with van der Waals surface area (Å²) in [5.41, 5.74) is 1.93. The Morgan fingerprint density at radius 1 is 1.33 bits per heavy atom. The number of fused-ring (bicyclic) bond motifs is 1. The SMILES string of the molecule is O=C(CCc1cn[nH]c1)N1CCC[C@H](c2nnc3ccccn23)C1. The number of nitrogens with one attached hydrogen (secondary N) is 1. The van der Waals surface area contributed by atoms with Gasteiger partial charge in [0.15, 0.2) is 5.65 Å². The zero-order valence-electron chi connectivity index (χ0n) is 13.4. The van der Waals surface area contributed by atoms with Crippen LogP contribution < -0.4 is 0 Å². The molecule has 0 unspecified atom stereocenters. The molecule has 1 aliphatic heterocycles. The highest BCUT2D eigenvalue weighted by molar-refractivity contribution is 5.76. The molecule has 3 aromatic heterocycles. The third-order valence-electron chi connectivity index (χ3n) is 4.66. The Kier molecular flexibility index (Phi) is 3.98. The maximum absolute atomic E-state index is 12.5. The van der Waals surface area contributed by atoms with E-state index in [0.717, 1.165) is 49.4 Å². The van der Waals surface area contributed by atoms with Gasteiger partial charge in [0.1, 0.15) is 5.82 Å². The first-order chi connectivity index (χ1) is 11.8. The minimum Gasteiger partial charge on any atom is -0.342 e. The lowest BCUT2D eigenvalue weighted by molar-refractivity contribution is -0.132. The Bertz CT molecular complexity index is 825. The quantitative estimate of drug-likeness (QED) is 0.793. The van der Waals surface area contributed by atoms with Gasteiger partial charge in [-0.05, 0) is 37.0 Å². The van der Waals surface area contributed by atoms with E-state index in [2.05, 4.69) is 20.4 Å². The number of aromatic nitrogens is 5. The third-order valence-corrected chi connectivity index (χ3v) is 4.66. The van der Waals surface area contributed by atoms with Crippen molar-refractivity contribution in [3.05, 3.63) is 48.2 Å². The molecule has 1 saturated heterocycles. The summed E-state index contributed by atoms with van der Waals surface area (Å²) in [6.45, 7) is 1.55. The van der Waals surface area contributed by atoms with Crippen LogP contribution in [0, 0.1) is 0 Å². The van der Waals surface area contributed by atoms with E-state index < -0.39 is 0 Å². The summed E-state index contributed by atoms with van der Waals surface area (Å²) >= 11 is 0. The number of amides is 1. The van der Waals surface area contributed by atoms with Crippen LogP contribution in [-0.2, 0) is 11.2 Å². The first-order valence-electron chi connectivity index (χ1n) is 8.36. The molecule has 0 spiro atoms. The lowest BCUT2D eigenvalue weighted by Crippen LogP contribution is -2.39. The Morgan fingerprint density at radius 2 is 2.29 bits per heavy atom. The summed E-state index contributed by atoms with van der Waals surface area (Å²) in [6, 6.07) is 5.89. The first-order valence-corrected chi connectivity index (χ1v) is 8.36. The fraction of sp³-hybridized carbons (Fsp3) is 0.412. The van der Waals surface area contributed by atoms with Crippen molar-refractivity contribution in [1.82, 2.24) is 29.7 Å². The zero-order valence-corrected chi connectivity index (χ0v) is 13.4. The van der Waals surface area contributed by atoms with Crippen LogP contribution in [0.15, 0.2) is 36.8 Å². The van der Waals surface area contributed by atoms with Crippen molar-refractivity contribution in [2.24, 2.45) is 0 Å². The van der Waals surface area contributed by atoms with E-state index in [0.29, 0.717) is 6.42 Å². The van der Waals surface area contributed by atoms with E-state index >= 15 is 0 Å². The smallest absolute Gasteiger partial charge is 0.222 e. The van der Waals surface area contributed by atoms with Crippen molar-refractivity contribution in [2.75, 3.05) is 13.1 Å². The Labute approximate surface area is 139 Å². The van der Waals surface area contributed by atoms with Crippen LogP contribution in [0.4, 0.5) is 0 Å². The van der Waals surface area contributed by atoms with Crippen molar-refractivity contribution < 1.29 is 4.79 Å². The number of nitrogens with zero attached hydrogens (tertiary/aromatic N) is 5. The number of piperidine rings is 1. The summed E-state index contributed by atoms with van der Waals surface area (Å²) in [5, 5.41) is 15.3. The van der Waals surface area contributed by atoms with Crippen LogP contribution in [0.5, 0.6) is 0 Å². The minimum absolute atomic E-state index is 0.203. The molecule has 7 nitrogen and oxygen atoms in total.